The van der Waals surface area contributed by atoms with Gasteiger partial charge in [0.15, 0.2) is 0 Å². The van der Waals surface area contributed by atoms with Crippen LogP contribution in [0.2, 0.25) is 0 Å². The molecular weight excluding hydrogens is 210 g/mol. The average molecular weight is 237 g/mol. The first kappa shape index (κ1) is 12.0. The van der Waals surface area contributed by atoms with E-state index in [1.54, 1.807) is 0 Å². The van der Waals surface area contributed by atoms with E-state index < -0.39 is 0 Å². The standard InChI is InChI=1S/C15H27NO/c1-17-14-10-13(11-14)16-12-4-8-15(9-5-12)6-2-3-7-15/h12-14,16H,2-11H2,1H3. The molecule has 1 spiro atoms. The Morgan fingerprint density at radius 3 is 2.18 bits per heavy atom. The Morgan fingerprint density at radius 1 is 0.941 bits per heavy atom. The Kier molecular flexibility index (Phi) is 3.45. The highest BCUT2D eigenvalue weighted by Gasteiger charge is 2.38. The van der Waals surface area contributed by atoms with E-state index in [-0.39, 0.29) is 0 Å². The van der Waals surface area contributed by atoms with Gasteiger partial charge in [0, 0.05) is 19.2 Å². The molecule has 3 saturated carbocycles. The quantitative estimate of drug-likeness (QED) is 0.813. The van der Waals surface area contributed by atoms with Gasteiger partial charge in [-0.1, -0.05) is 12.8 Å². The molecule has 3 fully saturated rings. The number of ether oxygens (including phenoxy) is 1. The maximum Gasteiger partial charge on any atom is 0.0601 e. The van der Waals surface area contributed by atoms with Crippen LogP contribution in [-0.4, -0.2) is 25.3 Å². The van der Waals surface area contributed by atoms with Crippen molar-refractivity contribution >= 4 is 0 Å². The largest absolute Gasteiger partial charge is 0.381 e. The van der Waals surface area contributed by atoms with Gasteiger partial charge in [-0.3, -0.25) is 0 Å². The summed E-state index contributed by atoms with van der Waals surface area (Å²) in [4.78, 5) is 0. The van der Waals surface area contributed by atoms with E-state index >= 15 is 0 Å². The SMILES string of the molecule is COC1CC(NC2CCC3(CCCC3)CC2)C1. The molecule has 0 aromatic carbocycles. The summed E-state index contributed by atoms with van der Waals surface area (Å²) in [5, 5.41) is 3.85. The summed E-state index contributed by atoms with van der Waals surface area (Å²) in [7, 11) is 1.84. The number of nitrogens with one attached hydrogen (secondary N) is 1. The Balaban J connectivity index is 1.40. The van der Waals surface area contributed by atoms with Crippen molar-refractivity contribution in [3.63, 3.8) is 0 Å². The highest BCUT2D eigenvalue weighted by Crippen LogP contribution is 2.49. The average Bonchev–Trinajstić information content (AvgIpc) is 2.74. The molecule has 0 atom stereocenters. The van der Waals surface area contributed by atoms with Gasteiger partial charge < -0.3 is 10.1 Å². The monoisotopic (exact) mass is 237 g/mol. The van der Waals surface area contributed by atoms with Crippen LogP contribution >= 0.6 is 0 Å². The second-order valence-corrected chi connectivity index (χ2v) is 6.67. The van der Waals surface area contributed by atoms with Crippen molar-refractivity contribution in [3.05, 3.63) is 0 Å². The first-order valence-electron chi connectivity index (χ1n) is 7.59. The van der Waals surface area contributed by atoms with Crippen molar-refractivity contribution in [1.29, 1.82) is 0 Å². The van der Waals surface area contributed by atoms with E-state index in [2.05, 4.69) is 5.32 Å². The molecule has 0 heterocycles. The van der Waals surface area contributed by atoms with Gasteiger partial charge in [-0.15, -0.1) is 0 Å². The summed E-state index contributed by atoms with van der Waals surface area (Å²) in [6, 6.07) is 1.56. The summed E-state index contributed by atoms with van der Waals surface area (Å²) in [6.07, 6.45) is 14.9. The van der Waals surface area contributed by atoms with E-state index in [0.717, 1.165) is 17.5 Å². The van der Waals surface area contributed by atoms with Crippen LogP contribution in [0.1, 0.15) is 64.2 Å². The van der Waals surface area contributed by atoms with Gasteiger partial charge in [-0.2, -0.15) is 0 Å². The van der Waals surface area contributed by atoms with Gasteiger partial charge in [0.25, 0.3) is 0 Å². The van der Waals surface area contributed by atoms with Crippen LogP contribution in [0.3, 0.4) is 0 Å². The molecule has 0 aromatic heterocycles. The molecule has 1 N–H and O–H groups in total. The van der Waals surface area contributed by atoms with Gasteiger partial charge in [0.05, 0.1) is 6.10 Å². The second kappa shape index (κ2) is 4.89. The lowest BCUT2D eigenvalue weighted by Crippen LogP contribution is -2.50. The van der Waals surface area contributed by atoms with E-state index in [1.165, 1.54) is 64.2 Å². The fraction of sp³-hybridized carbons (Fsp3) is 1.00. The van der Waals surface area contributed by atoms with Crippen LogP contribution in [-0.2, 0) is 4.74 Å². The molecule has 2 nitrogen and oxygen atoms in total. The number of rotatable bonds is 3. The lowest BCUT2D eigenvalue weighted by molar-refractivity contribution is 0.0105. The lowest BCUT2D eigenvalue weighted by Gasteiger charge is -2.42. The van der Waals surface area contributed by atoms with Crippen LogP contribution in [0.5, 0.6) is 0 Å². The molecule has 17 heavy (non-hydrogen) atoms. The van der Waals surface area contributed by atoms with Gasteiger partial charge in [-0.25, -0.2) is 0 Å². The fourth-order valence-electron chi connectivity index (χ4n) is 4.25. The molecule has 3 aliphatic rings. The number of hydrogen-bond acceptors (Lipinski definition) is 2. The third-order valence-corrected chi connectivity index (χ3v) is 5.61. The van der Waals surface area contributed by atoms with Crippen LogP contribution in [0.4, 0.5) is 0 Å². The maximum absolute atomic E-state index is 5.34. The van der Waals surface area contributed by atoms with Crippen molar-refractivity contribution in [1.82, 2.24) is 5.32 Å². The fourth-order valence-corrected chi connectivity index (χ4v) is 4.25. The zero-order valence-corrected chi connectivity index (χ0v) is 11.2. The minimum atomic E-state index is 0.539. The van der Waals surface area contributed by atoms with Gasteiger partial charge in [-0.05, 0) is 56.8 Å². The molecule has 0 saturated heterocycles. The summed E-state index contributed by atoms with van der Waals surface area (Å²) in [6.45, 7) is 0. The van der Waals surface area contributed by atoms with Crippen molar-refractivity contribution in [2.45, 2.75) is 82.4 Å². The normalized spacial score (nSPS) is 37.2. The zero-order chi connectivity index (χ0) is 11.7. The first-order valence-corrected chi connectivity index (χ1v) is 7.59. The molecule has 0 amide bonds. The second-order valence-electron chi connectivity index (χ2n) is 6.67. The Hall–Kier alpha value is -0.0800. The van der Waals surface area contributed by atoms with Gasteiger partial charge in [0.2, 0.25) is 0 Å². The molecule has 0 aromatic rings. The molecular formula is C15H27NO. The number of methoxy groups -OCH3 is 1. The first-order chi connectivity index (χ1) is 8.30. The van der Waals surface area contributed by atoms with E-state index in [4.69, 9.17) is 4.74 Å². The molecule has 3 aliphatic carbocycles. The highest BCUT2D eigenvalue weighted by atomic mass is 16.5. The van der Waals surface area contributed by atoms with Crippen molar-refractivity contribution in [3.8, 4) is 0 Å². The third kappa shape index (κ3) is 2.53. The Morgan fingerprint density at radius 2 is 1.59 bits per heavy atom. The summed E-state index contributed by atoms with van der Waals surface area (Å²) < 4.78 is 5.34. The Bertz CT molecular complexity index is 244. The van der Waals surface area contributed by atoms with Gasteiger partial charge in [0.1, 0.15) is 0 Å². The summed E-state index contributed by atoms with van der Waals surface area (Å²) in [5.41, 5.74) is 0.785. The van der Waals surface area contributed by atoms with E-state index in [1.807, 2.05) is 7.11 Å². The molecule has 3 rings (SSSR count). The molecule has 0 aliphatic heterocycles. The van der Waals surface area contributed by atoms with Crippen LogP contribution in [0, 0.1) is 5.41 Å². The van der Waals surface area contributed by atoms with Crippen molar-refractivity contribution in [2.24, 2.45) is 5.41 Å². The minimum Gasteiger partial charge on any atom is -0.381 e. The zero-order valence-electron chi connectivity index (χ0n) is 11.2. The van der Waals surface area contributed by atoms with E-state index in [9.17, 15) is 0 Å². The topological polar surface area (TPSA) is 21.3 Å². The third-order valence-electron chi connectivity index (χ3n) is 5.61. The molecule has 0 radical (unpaired) electrons. The number of hydrogen-bond donors (Lipinski definition) is 1. The van der Waals surface area contributed by atoms with Crippen LogP contribution in [0.15, 0.2) is 0 Å². The van der Waals surface area contributed by atoms with Gasteiger partial charge >= 0.3 is 0 Å². The Labute approximate surface area is 105 Å². The lowest BCUT2D eigenvalue weighted by atomic mass is 9.71. The van der Waals surface area contributed by atoms with Crippen LogP contribution in [0.25, 0.3) is 0 Å². The summed E-state index contributed by atoms with van der Waals surface area (Å²) >= 11 is 0. The van der Waals surface area contributed by atoms with Crippen molar-refractivity contribution < 1.29 is 4.74 Å². The predicted octanol–water partition coefficient (Wildman–Crippen LogP) is 3.26. The minimum absolute atomic E-state index is 0.539. The van der Waals surface area contributed by atoms with Crippen molar-refractivity contribution in [2.75, 3.05) is 7.11 Å². The van der Waals surface area contributed by atoms with Crippen LogP contribution < -0.4 is 5.32 Å². The highest BCUT2D eigenvalue weighted by molar-refractivity contribution is 4.94. The van der Waals surface area contributed by atoms with E-state index in [0.29, 0.717) is 6.10 Å². The smallest absolute Gasteiger partial charge is 0.0601 e. The molecule has 0 bridgehead atoms. The molecule has 2 heteroatoms. The molecule has 98 valence electrons. The predicted molar refractivity (Wildman–Crippen MR) is 70.1 cm³/mol. The maximum atomic E-state index is 5.34. The summed E-state index contributed by atoms with van der Waals surface area (Å²) in [5.74, 6) is 0. The molecule has 0 unspecified atom stereocenters.